The summed E-state index contributed by atoms with van der Waals surface area (Å²) in [7, 11) is -4.07. The van der Waals surface area contributed by atoms with E-state index in [9.17, 15) is 18.0 Å². The molecule has 1 N–H and O–H groups in total. The van der Waals surface area contributed by atoms with Gasteiger partial charge in [-0.25, -0.2) is 8.42 Å². The zero-order valence-corrected chi connectivity index (χ0v) is 24.6. The van der Waals surface area contributed by atoms with Gasteiger partial charge in [0.2, 0.25) is 11.8 Å². The highest BCUT2D eigenvalue weighted by molar-refractivity contribution is 7.92. The first-order valence-corrected chi connectivity index (χ1v) is 15.3. The maximum absolute atomic E-state index is 14.1. The van der Waals surface area contributed by atoms with Crippen molar-refractivity contribution in [3.63, 3.8) is 0 Å². The maximum atomic E-state index is 14.1. The van der Waals surface area contributed by atoms with Crippen molar-refractivity contribution < 1.29 is 18.0 Å². The summed E-state index contributed by atoms with van der Waals surface area (Å²) in [4.78, 5) is 29.0. The SMILES string of the molecule is Cc1ccc(N(CC(=O)N(Cc2ccccc2C)C(C)C(=O)NC2CCCC2)S(=O)(=O)c2ccc(C)cc2)cc1. The Hall–Kier alpha value is -3.65. The normalized spacial score (nSPS) is 14.5. The summed E-state index contributed by atoms with van der Waals surface area (Å²) in [5.41, 5.74) is 4.19. The Kier molecular flexibility index (Phi) is 9.30. The second kappa shape index (κ2) is 12.7. The van der Waals surface area contributed by atoms with Crippen LogP contribution in [0.3, 0.4) is 0 Å². The van der Waals surface area contributed by atoms with Crippen LogP contribution in [-0.2, 0) is 26.2 Å². The fourth-order valence-electron chi connectivity index (χ4n) is 5.02. The second-order valence-corrected chi connectivity index (χ2v) is 12.6. The van der Waals surface area contributed by atoms with E-state index < -0.39 is 28.5 Å². The van der Waals surface area contributed by atoms with Gasteiger partial charge in [0, 0.05) is 12.6 Å². The minimum Gasteiger partial charge on any atom is -0.352 e. The predicted molar refractivity (Wildman–Crippen MR) is 158 cm³/mol. The number of nitrogens with one attached hydrogen (secondary N) is 1. The van der Waals surface area contributed by atoms with Crippen LogP contribution in [0, 0.1) is 20.8 Å². The van der Waals surface area contributed by atoms with Crippen molar-refractivity contribution in [1.29, 1.82) is 0 Å². The molecule has 8 heteroatoms. The molecule has 3 aromatic rings. The van der Waals surface area contributed by atoms with Crippen LogP contribution in [0.4, 0.5) is 5.69 Å². The fourth-order valence-corrected chi connectivity index (χ4v) is 6.44. The first kappa shape index (κ1) is 29.3. The summed E-state index contributed by atoms with van der Waals surface area (Å²) in [5, 5.41) is 3.10. The second-order valence-electron chi connectivity index (χ2n) is 10.8. The molecule has 0 aliphatic heterocycles. The Labute approximate surface area is 238 Å². The zero-order valence-electron chi connectivity index (χ0n) is 23.8. The molecule has 0 heterocycles. The first-order valence-electron chi connectivity index (χ1n) is 13.9. The number of hydrogen-bond acceptors (Lipinski definition) is 4. The van der Waals surface area contributed by atoms with E-state index in [2.05, 4.69) is 5.32 Å². The molecular formula is C32H39N3O4S. The maximum Gasteiger partial charge on any atom is 0.264 e. The summed E-state index contributed by atoms with van der Waals surface area (Å²) in [5.74, 6) is -0.675. The molecule has 1 unspecified atom stereocenters. The van der Waals surface area contributed by atoms with E-state index in [0.29, 0.717) is 5.69 Å². The molecule has 2 amide bonds. The van der Waals surface area contributed by atoms with Gasteiger partial charge in [-0.1, -0.05) is 72.5 Å². The smallest absolute Gasteiger partial charge is 0.264 e. The number of anilines is 1. The third-order valence-electron chi connectivity index (χ3n) is 7.68. The van der Waals surface area contributed by atoms with Crippen molar-refractivity contribution >= 4 is 27.5 Å². The summed E-state index contributed by atoms with van der Waals surface area (Å²) < 4.78 is 29.0. The Balaban J connectivity index is 1.69. The molecular weight excluding hydrogens is 522 g/mol. The molecule has 1 atom stereocenters. The molecule has 212 valence electrons. The Morgan fingerprint density at radius 2 is 1.45 bits per heavy atom. The highest BCUT2D eigenvalue weighted by Crippen LogP contribution is 2.26. The Morgan fingerprint density at radius 3 is 2.05 bits per heavy atom. The number of rotatable bonds is 10. The summed E-state index contributed by atoms with van der Waals surface area (Å²) in [6.07, 6.45) is 4.02. The molecule has 3 aromatic carbocycles. The number of amides is 2. The number of nitrogens with zero attached hydrogens (tertiary/aromatic N) is 2. The van der Waals surface area contributed by atoms with Gasteiger partial charge in [0.15, 0.2) is 0 Å². The molecule has 4 rings (SSSR count). The lowest BCUT2D eigenvalue weighted by Gasteiger charge is -2.33. The molecule has 7 nitrogen and oxygen atoms in total. The Bertz CT molecular complexity index is 1430. The molecule has 0 radical (unpaired) electrons. The highest BCUT2D eigenvalue weighted by atomic mass is 32.2. The van der Waals surface area contributed by atoms with Crippen molar-refractivity contribution in [3.05, 3.63) is 95.1 Å². The van der Waals surface area contributed by atoms with E-state index in [4.69, 9.17) is 0 Å². The fraction of sp³-hybridized carbons (Fsp3) is 0.375. The van der Waals surface area contributed by atoms with Crippen molar-refractivity contribution in [2.75, 3.05) is 10.8 Å². The van der Waals surface area contributed by atoms with Crippen molar-refractivity contribution in [3.8, 4) is 0 Å². The summed E-state index contributed by atoms with van der Waals surface area (Å²) in [6, 6.07) is 20.7. The standard InChI is InChI=1S/C32H39N3O4S/c1-23-13-17-29(18-14-23)35(40(38,39)30-19-15-24(2)16-20-30)22-31(36)34(21-27-10-6-5-9-25(27)3)26(4)32(37)33-28-11-7-8-12-28/h5-6,9-10,13-20,26,28H,7-8,11-12,21-22H2,1-4H3,(H,33,37). The summed E-state index contributed by atoms with van der Waals surface area (Å²) >= 11 is 0. The number of hydrogen-bond donors (Lipinski definition) is 1. The average Bonchev–Trinajstić information content (AvgIpc) is 3.44. The lowest BCUT2D eigenvalue weighted by atomic mass is 10.1. The highest BCUT2D eigenvalue weighted by Gasteiger charge is 2.33. The zero-order chi connectivity index (χ0) is 28.9. The van der Waals surface area contributed by atoms with Crippen molar-refractivity contribution in [1.82, 2.24) is 10.2 Å². The minimum absolute atomic E-state index is 0.101. The van der Waals surface area contributed by atoms with Crippen LogP contribution in [0.1, 0.15) is 54.9 Å². The molecule has 0 aromatic heterocycles. The van der Waals surface area contributed by atoms with Gasteiger partial charge < -0.3 is 10.2 Å². The van der Waals surface area contributed by atoms with Crippen LogP contribution >= 0.6 is 0 Å². The van der Waals surface area contributed by atoms with Crippen LogP contribution < -0.4 is 9.62 Å². The van der Waals surface area contributed by atoms with Gasteiger partial charge >= 0.3 is 0 Å². The van der Waals surface area contributed by atoms with Crippen LogP contribution in [-0.4, -0.2) is 43.8 Å². The molecule has 1 aliphatic carbocycles. The van der Waals surface area contributed by atoms with E-state index in [1.54, 1.807) is 43.3 Å². The average molecular weight is 562 g/mol. The van der Waals surface area contributed by atoms with E-state index >= 15 is 0 Å². The Morgan fingerprint density at radius 1 is 0.875 bits per heavy atom. The quantitative estimate of drug-likeness (QED) is 0.365. The van der Waals surface area contributed by atoms with Gasteiger partial charge in [-0.3, -0.25) is 13.9 Å². The number of carbonyl (C=O) groups is 2. The van der Waals surface area contributed by atoms with Gasteiger partial charge in [0.25, 0.3) is 10.0 Å². The van der Waals surface area contributed by atoms with E-state index in [1.807, 2.05) is 57.2 Å². The molecule has 0 saturated heterocycles. The van der Waals surface area contributed by atoms with Crippen LogP contribution in [0.5, 0.6) is 0 Å². The minimum atomic E-state index is -4.07. The van der Waals surface area contributed by atoms with Crippen LogP contribution in [0.25, 0.3) is 0 Å². The summed E-state index contributed by atoms with van der Waals surface area (Å²) in [6.45, 7) is 7.23. The number of aryl methyl sites for hydroxylation is 3. The van der Waals surface area contributed by atoms with E-state index in [-0.39, 0.29) is 23.4 Å². The predicted octanol–water partition coefficient (Wildman–Crippen LogP) is 5.28. The van der Waals surface area contributed by atoms with Gasteiger partial charge in [-0.15, -0.1) is 0 Å². The molecule has 1 fully saturated rings. The molecule has 0 bridgehead atoms. The van der Waals surface area contributed by atoms with E-state index in [0.717, 1.165) is 52.2 Å². The topological polar surface area (TPSA) is 86.8 Å². The van der Waals surface area contributed by atoms with Gasteiger partial charge in [0.05, 0.1) is 10.6 Å². The third-order valence-corrected chi connectivity index (χ3v) is 9.47. The van der Waals surface area contributed by atoms with Gasteiger partial charge in [-0.05, 0) is 75.9 Å². The van der Waals surface area contributed by atoms with Crippen molar-refractivity contribution in [2.24, 2.45) is 0 Å². The monoisotopic (exact) mass is 561 g/mol. The van der Waals surface area contributed by atoms with Crippen LogP contribution in [0.2, 0.25) is 0 Å². The lowest BCUT2D eigenvalue weighted by molar-refractivity contribution is -0.139. The van der Waals surface area contributed by atoms with E-state index in [1.165, 1.54) is 4.90 Å². The first-order chi connectivity index (χ1) is 19.1. The third kappa shape index (κ3) is 6.91. The lowest BCUT2D eigenvalue weighted by Crippen LogP contribution is -2.52. The number of benzene rings is 3. The van der Waals surface area contributed by atoms with Gasteiger partial charge in [-0.2, -0.15) is 0 Å². The molecule has 1 aliphatic rings. The van der Waals surface area contributed by atoms with Crippen LogP contribution in [0.15, 0.2) is 77.7 Å². The van der Waals surface area contributed by atoms with Crippen molar-refractivity contribution in [2.45, 2.75) is 76.9 Å². The number of sulfonamides is 1. The largest absolute Gasteiger partial charge is 0.352 e. The molecule has 1 saturated carbocycles. The van der Waals surface area contributed by atoms with Gasteiger partial charge in [0.1, 0.15) is 12.6 Å². The molecule has 0 spiro atoms. The molecule has 40 heavy (non-hydrogen) atoms. The number of carbonyl (C=O) groups excluding carboxylic acids is 2.